The number of para-hydroxylation sites is 1. The highest BCUT2D eigenvalue weighted by molar-refractivity contribution is 7.09. The maximum Gasteiger partial charge on any atom is 0.355 e. The van der Waals surface area contributed by atoms with Gasteiger partial charge in [0.2, 0.25) is 0 Å². The fourth-order valence-electron chi connectivity index (χ4n) is 3.44. The van der Waals surface area contributed by atoms with Crippen LogP contribution in [0, 0.1) is 0 Å². The summed E-state index contributed by atoms with van der Waals surface area (Å²) in [7, 11) is 0. The standard InChI is InChI=1S/C20H19N3O4S/c1-12-8-13-4-2-3-5-16(13)23(12)10-14-6-7-27-18(14)19(24)21-9-17-22-15(11-28-17)20(25)26/h2-7,11-12H,8-10H2,1H3,(H,21,24)(H,25,26)/t12-/m1/s1. The van der Waals surface area contributed by atoms with Crippen LogP contribution in [0.25, 0.3) is 0 Å². The summed E-state index contributed by atoms with van der Waals surface area (Å²) in [4.78, 5) is 29.7. The van der Waals surface area contributed by atoms with Crippen molar-refractivity contribution in [1.82, 2.24) is 10.3 Å². The number of aromatic carboxylic acids is 1. The molecule has 3 heterocycles. The van der Waals surface area contributed by atoms with Crippen LogP contribution in [-0.4, -0.2) is 28.0 Å². The van der Waals surface area contributed by atoms with Gasteiger partial charge in [-0.1, -0.05) is 18.2 Å². The highest BCUT2D eigenvalue weighted by atomic mass is 32.1. The van der Waals surface area contributed by atoms with Gasteiger partial charge in [0.05, 0.1) is 12.8 Å². The zero-order valence-electron chi connectivity index (χ0n) is 15.2. The number of hydrogen-bond donors (Lipinski definition) is 2. The lowest BCUT2D eigenvalue weighted by atomic mass is 10.1. The van der Waals surface area contributed by atoms with Gasteiger partial charge < -0.3 is 19.7 Å². The first kappa shape index (κ1) is 18.2. The zero-order chi connectivity index (χ0) is 19.7. The van der Waals surface area contributed by atoms with Crippen molar-refractivity contribution in [2.24, 2.45) is 0 Å². The lowest BCUT2D eigenvalue weighted by Crippen LogP contribution is -2.30. The Morgan fingerprint density at radius 2 is 2.18 bits per heavy atom. The number of furan rings is 1. The van der Waals surface area contributed by atoms with Crippen LogP contribution in [-0.2, 0) is 19.5 Å². The van der Waals surface area contributed by atoms with E-state index in [4.69, 9.17) is 9.52 Å². The first-order valence-corrected chi connectivity index (χ1v) is 9.77. The van der Waals surface area contributed by atoms with E-state index < -0.39 is 5.97 Å². The molecule has 2 aromatic heterocycles. The number of carbonyl (C=O) groups excluding carboxylic acids is 1. The number of nitrogens with zero attached hydrogens (tertiary/aromatic N) is 2. The normalized spacial score (nSPS) is 15.5. The molecule has 0 unspecified atom stereocenters. The van der Waals surface area contributed by atoms with Gasteiger partial charge in [-0.2, -0.15) is 0 Å². The highest BCUT2D eigenvalue weighted by Crippen LogP contribution is 2.33. The smallest absolute Gasteiger partial charge is 0.355 e. The Labute approximate surface area is 165 Å². The Kier molecular flexibility index (Phi) is 4.87. The summed E-state index contributed by atoms with van der Waals surface area (Å²) in [6.45, 7) is 2.90. The molecule has 1 amide bonds. The third-order valence-corrected chi connectivity index (χ3v) is 5.66. The molecule has 1 atom stereocenters. The summed E-state index contributed by atoms with van der Waals surface area (Å²) >= 11 is 1.19. The number of nitrogens with one attached hydrogen (secondary N) is 1. The zero-order valence-corrected chi connectivity index (χ0v) is 16.0. The highest BCUT2D eigenvalue weighted by Gasteiger charge is 2.27. The molecule has 0 radical (unpaired) electrons. The number of carboxylic acid groups (broad SMARTS) is 1. The Balaban J connectivity index is 1.45. The molecule has 2 N–H and O–H groups in total. The molecule has 0 aliphatic carbocycles. The van der Waals surface area contributed by atoms with Gasteiger partial charge in [0.25, 0.3) is 5.91 Å². The summed E-state index contributed by atoms with van der Waals surface area (Å²) in [5.74, 6) is -1.15. The molecule has 3 aromatic rings. The number of anilines is 1. The van der Waals surface area contributed by atoms with Crippen LogP contribution in [0.4, 0.5) is 5.69 Å². The number of amides is 1. The minimum Gasteiger partial charge on any atom is -0.476 e. The van der Waals surface area contributed by atoms with Crippen molar-refractivity contribution in [2.45, 2.75) is 32.5 Å². The molecule has 0 bridgehead atoms. The van der Waals surface area contributed by atoms with E-state index in [2.05, 4.69) is 34.3 Å². The van der Waals surface area contributed by atoms with Crippen molar-refractivity contribution in [3.05, 3.63) is 69.6 Å². The fraction of sp³-hybridized carbons (Fsp3) is 0.250. The summed E-state index contributed by atoms with van der Waals surface area (Å²) in [6.07, 6.45) is 2.49. The maximum absolute atomic E-state index is 12.6. The predicted molar refractivity (Wildman–Crippen MR) is 105 cm³/mol. The average molecular weight is 397 g/mol. The largest absolute Gasteiger partial charge is 0.476 e. The Morgan fingerprint density at radius 3 is 2.96 bits per heavy atom. The molecule has 8 heteroatoms. The van der Waals surface area contributed by atoms with Crippen LogP contribution in [0.1, 0.15) is 44.1 Å². The number of carboxylic acids is 1. The van der Waals surface area contributed by atoms with E-state index in [1.54, 1.807) is 0 Å². The second-order valence-corrected chi connectivity index (χ2v) is 7.64. The number of carbonyl (C=O) groups is 2. The van der Waals surface area contributed by atoms with Crippen LogP contribution in [0.3, 0.4) is 0 Å². The molecule has 0 spiro atoms. The number of aromatic nitrogens is 1. The van der Waals surface area contributed by atoms with Crippen molar-refractivity contribution >= 4 is 28.9 Å². The van der Waals surface area contributed by atoms with E-state index in [-0.39, 0.29) is 23.9 Å². The van der Waals surface area contributed by atoms with Gasteiger partial charge in [-0.05, 0) is 31.0 Å². The maximum atomic E-state index is 12.6. The van der Waals surface area contributed by atoms with Gasteiger partial charge in [0.15, 0.2) is 11.5 Å². The summed E-state index contributed by atoms with van der Waals surface area (Å²) in [5, 5.41) is 13.7. The number of fused-ring (bicyclic) bond motifs is 1. The second-order valence-electron chi connectivity index (χ2n) is 6.70. The van der Waals surface area contributed by atoms with Gasteiger partial charge >= 0.3 is 5.97 Å². The Hall–Kier alpha value is -3.13. The molecule has 144 valence electrons. The second kappa shape index (κ2) is 7.47. The van der Waals surface area contributed by atoms with Crippen molar-refractivity contribution in [3.63, 3.8) is 0 Å². The minimum absolute atomic E-state index is 0.0189. The molecular formula is C20H19N3O4S. The van der Waals surface area contributed by atoms with Crippen molar-refractivity contribution in [1.29, 1.82) is 0 Å². The van der Waals surface area contributed by atoms with E-state index in [1.165, 1.54) is 34.2 Å². The lowest BCUT2D eigenvalue weighted by Gasteiger charge is -2.24. The van der Waals surface area contributed by atoms with Gasteiger partial charge in [-0.3, -0.25) is 4.79 Å². The summed E-state index contributed by atoms with van der Waals surface area (Å²) < 4.78 is 5.44. The van der Waals surface area contributed by atoms with Crippen molar-refractivity contribution < 1.29 is 19.1 Å². The molecule has 0 saturated carbocycles. The van der Waals surface area contributed by atoms with E-state index >= 15 is 0 Å². The third-order valence-electron chi connectivity index (χ3n) is 4.81. The van der Waals surface area contributed by atoms with Crippen LogP contribution in [0.15, 0.2) is 46.4 Å². The quantitative estimate of drug-likeness (QED) is 0.663. The van der Waals surface area contributed by atoms with Crippen LogP contribution in [0.5, 0.6) is 0 Å². The first-order chi connectivity index (χ1) is 13.5. The van der Waals surface area contributed by atoms with Gasteiger partial charge in [0.1, 0.15) is 5.01 Å². The lowest BCUT2D eigenvalue weighted by molar-refractivity contribution is 0.0691. The summed E-state index contributed by atoms with van der Waals surface area (Å²) in [5.41, 5.74) is 3.29. The van der Waals surface area contributed by atoms with E-state index in [0.717, 1.165) is 12.0 Å². The minimum atomic E-state index is -1.08. The SMILES string of the molecule is C[C@@H]1Cc2ccccc2N1Cc1ccoc1C(=O)NCc1nc(C(=O)O)cs1. The number of thiazole rings is 1. The number of benzene rings is 1. The van der Waals surface area contributed by atoms with E-state index in [9.17, 15) is 9.59 Å². The fourth-order valence-corrected chi connectivity index (χ4v) is 4.15. The van der Waals surface area contributed by atoms with Gasteiger partial charge in [-0.25, -0.2) is 9.78 Å². The topological polar surface area (TPSA) is 95.7 Å². The monoisotopic (exact) mass is 397 g/mol. The molecule has 1 aliphatic heterocycles. The van der Waals surface area contributed by atoms with Crippen LogP contribution >= 0.6 is 11.3 Å². The molecule has 28 heavy (non-hydrogen) atoms. The van der Waals surface area contributed by atoms with Crippen molar-refractivity contribution in [2.75, 3.05) is 4.90 Å². The molecule has 1 aromatic carbocycles. The third kappa shape index (κ3) is 3.50. The molecule has 7 nitrogen and oxygen atoms in total. The molecular weight excluding hydrogens is 378 g/mol. The van der Waals surface area contributed by atoms with Crippen molar-refractivity contribution in [3.8, 4) is 0 Å². The van der Waals surface area contributed by atoms with Crippen LogP contribution in [0.2, 0.25) is 0 Å². The molecule has 0 saturated heterocycles. The number of rotatable bonds is 6. The van der Waals surface area contributed by atoms with E-state index in [0.29, 0.717) is 17.6 Å². The van der Waals surface area contributed by atoms with E-state index in [1.807, 2.05) is 18.2 Å². The Morgan fingerprint density at radius 1 is 1.36 bits per heavy atom. The molecule has 1 aliphatic rings. The molecule has 4 rings (SSSR count). The first-order valence-electron chi connectivity index (χ1n) is 8.89. The van der Waals surface area contributed by atoms with Crippen LogP contribution < -0.4 is 10.2 Å². The van der Waals surface area contributed by atoms with Gasteiger partial charge in [-0.15, -0.1) is 11.3 Å². The number of hydrogen-bond acceptors (Lipinski definition) is 6. The Bertz CT molecular complexity index is 1030. The summed E-state index contributed by atoms with van der Waals surface area (Å²) in [6, 6.07) is 10.4. The predicted octanol–water partition coefficient (Wildman–Crippen LogP) is 3.32. The average Bonchev–Trinajstić information content (AvgIpc) is 3.40. The molecule has 0 fully saturated rings. The van der Waals surface area contributed by atoms with Gasteiger partial charge in [0, 0.05) is 29.2 Å².